The van der Waals surface area contributed by atoms with Crippen LogP contribution in [-0.2, 0) is 30.5 Å². The van der Waals surface area contributed by atoms with Gasteiger partial charge in [-0.25, -0.2) is 24.2 Å². The molecule has 4 amide bonds. The number of benzene rings is 1. The molecule has 2 atom stereocenters. The smallest absolute Gasteiger partial charge is 0.407 e. The number of aliphatic carboxylic acids is 1. The van der Waals surface area contributed by atoms with Crippen molar-refractivity contribution in [2.75, 3.05) is 23.4 Å². The van der Waals surface area contributed by atoms with E-state index in [1.807, 2.05) is 0 Å². The molecule has 0 aliphatic carbocycles. The summed E-state index contributed by atoms with van der Waals surface area (Å²) in [5.74, 6) is -2.23. The minimum atomic E-state index is -1.31. The fraction of sp³-hybridized carbons (Fsp3) is 0.345. The van der Waals surface area contributed by atoms with Gasteiger partial charge in [-0.2, -0.15) is 0 Å². The Bertz CT molecular complexity index is 1830. The van der Waals surface area contributed by atoms with Crippen LogP contribution in [0.3, 0.4) is 0 Å². The van der Waals surface area contributed by atoms with Gasteiger partial charge in [0.05, 0.1) is 6.54 Å². The van der Waals surface area contributed by atoms with Crippen LogP contribution in [0.5, 0.6) is 5.75 Å². The third-order valence-electron chi connectivity index (χ3n) is 6.68. The highest BCUT2D eigenvalue weighted by atomic mass is 32.2. The average Bonchev–Trinajstić information content (AvgIpc) is 3.52. The SMILES string of the molecule is CC(C)(C)OC(=O)NCCn1nnnc1SCC1=C(C(=O)O)N2C(=O)C(NC(=O)/C(=N/Oc3ccccc3)c3nccc(NC=O)n3)[C@H]2SC1. The van der Waals surface area contributed by atoms with Gasteiger partial charge >= 0.3 is 12.1 Å². The molecule has 2 aromatic heterocycles. The third-order valence-corrected chi connectivity index (χ3v) is 9.06. The largest absolute Gasteiger partial charge is 0.477 e. The molecule has 0 radical (unpaired) electrons. The monoisotopic (exact) mass is 725 g/mol. The lowest BCUT2D eigenvalue weighted by Gasteiger charge is -2.49. The predicted octanol–water partition coefficient (Wildman–Crippen LogP) is 0.870. The van der Waals surface area contributed by atoms with Gasteiger partial charge in [0.25, 0.3) is 11.8 Å². The number of para-hydroxylation sites is 1. The van der Waals surface area contributed by atoms with Crippen LogP contribution in [0.2, 0.25) is 0 Å². The summed E-state index contributed by atoms with van der Waals surface area (Å²) in [5, 5.41) is 32.9. The van der Waals surface area contributed by atoms with Crippen molar-refractivity contribution in [3.8, 4) is 5.75 Å². The summed E-state index contributed by atoms with van der Waals surface area (Å²) in [6, 6.07) is 8.68. The molecule has 1 fully saturated rings. The summed E-state index contributed by atoms with van der Waals surface area (Å²) in [6.07, 6.45) is 1.12. The van der Waals surface area contributed by atoms with Crippen LogP contribution in [0.25, 0.3) is 0 Å². The fourth-order valence-corrected chi connectivity index (χ4v) is 6.94. The zero-order valence-corrected chi connectivity index (χ0v) is 28.4. The van der Waals surface area contributed by atoms with Gasteiger partial charge in [-0.1, -0.05) is 35.1 Å². The van der Waals surface area contributed by atoms with Crippen molar-refractivity contribution < 1.29 is 38.7 Å². The Morgan fingerprint density at radius 2 is 1.98 bits per heavy atom. The molecule has 0 spiro atoms. The lowest BCUT2D eigenvalue weighted by Crippen LogP contribution is -2.71. The number of rotatable bonds is 14. The number of amides is 4. The van der Waals surface area contributed by atoms with E-state index >= 15 is 0 Å². The average molecular weight is 726 g/mol. The van der Waals surface area contributed by atoms with Crippen LogP contribution in [0.15, 0.2) is 64.2 Å². The Hall–Kier alpha value is -5.57. The molecule has 1 aromatic carbocycles. The van der Waals surface area contributed by atoms with Crippen LogP contribution in [0, 0.1) is 0 Å². The number of aromatic nitrogens is 6. The number of hydrogen-bond acceptors (Lipinski definition) is 15. The van der Waals surface area contributed by atoms with Crippen LogP contribution in [0.4, 0.5) is 10.6 Å². The van der Waals surface area contributed by atoms with E-state index in [1.54, 1.807) is 51.1 Å². The summed E-state index contributed by atoms with van der Waals surface area (Å²) in [7, 11) is 0. The van der Waals surface area contributed by atoms with E-state index in [0.717, 1.165) is 4.90 Å². The number of nitrogens with one attached hydrogen (secondary N) is 3. The lowest BCUT2D eigenvalue weighted by molar-refractivity contribution is -0.150. The first-order chi connectivity index (χ1) is 23.9. The van der Waals surface area contributed by atoms with Crippen molar-refractivity contribution in [1.82, 2.24) is 45.7 Å². The number of nitrogens with zero attached hydrogens (tertiary/aromatic N) is 8. The minimum Gasteiger partial charge on any atom is -0.477 e. The van der Waals surface area contributed by atoms with E-state index in [9.17, 15) is 29.1 Å². The van der Waals surface area contributed by atoms with Crippen LogP contribution in [0.1, 0.15) is 26.6 Å². The van der Waals surface area contributed by atoms with E-state index < -0.39 is 40.9 Å². The molecular formula is C29H31N11O8S2. The van der Waals surface area contributed by atoms with Crippen molar-refractivity contribution in [3.63, 3.8) is 0 Å². The van der Waals surface area contributed by atoms with Crippen molar-refractivity contribution in [1.29, 1.82) is 0 Å². The van der Waals surface area contributed by atoms with Gasteiger partial charge < -0.3 is 30.6 Å². The van der Waals surface area contributed by atoms with Gasteiger partial charge in [0.15, 0.2) is 11.6 Å². The second-order valence-electron chi connectivity index (χ2n) is 11.4. The number of alkyl carbamates (subject to hydrolysis) is 1. The quantitative estimate of drug-likeness (QED) is 0.0592. The maximum Gasteiger partial charge on any atom is 0.407 e. The summed E-state index contributed by atoms with van der Waals surface area (Å²) in [6.45, 7) is 5.66. The number of hydrogen-bond donors (Lipinski definition) is 4. The van der Waals surface area contributed by atoms with Crippen LogP contribution in [-0.4, -0.2) is 111 Å². The number of β-lactam (4-membered cyclic amide) rings is 1. The molecule has 3 aromatic rings. The highest BCUT2D eigenvalue weighted by Crippen LogP contribution is 2.41. The zero-order chi connectivity index (χ0) is 35.8. The first kappa shape index (κ1) is 35.7. The number of thioether (sulfide) groups is 2. The zero-order valence-electron chi connectivity index (χ0n) is 26.8. The van der Waals surface area contributed by atoms with Gasteiger partial charge in [-0.3, -0.25) is 19.3 Å². The molecule has 0 saturated carbocycles. The summed E-state index contributed by atoms with van der Waals surface area (Å²) < 4.78 is 6.67. The van der Waals surface area contributed by atoms with E-state index in [4.69, 9.17) is 9.57 Å². The number of carbonyl (C=O) groups excluding carboxylic acids is 4. The number of fused-ring (bicyclic) bond motifs is 1. The topological polar surface area (TPSA) is 245 Å². The summed E-state index contributed by atoms with van der Waals surface area (Å²) in [5.41, 5.74) is -0.780. The molecule has 1 unspecified atom stereocenters. The third kappa shape index (κ3) is 8.71. The molecule has 2 aliphatic heterocycles. The lowest BCUT2D eigenvalue weighted by atomic mass is 10.0. The van der Waals surface area contributed by atoms with Gasteiger partial charge in [0.1, 0.15) is 28.5 Å². The van der Waals surface area contributed by atoms with Crippen molar-refractivity contribution in [2.24, 2.45) is 5.16 Å². The van der Waals surface area contributed by atoms with Crippen molar-refractivity contribution >= 4 is 65.3 Å². The molecule has 4 N–H and O–H groups in total. The normalized spacial score (nSPS) is 17.3. The van der Waals surface area contributed by atoms with Gasteiger partial charge in [-0.05, 0) is 55.0 Å². The Morgan fingerprint density at radius 1 is 1.20 bits per heavy atom. The number of carboxylic acid groups (broad SMARTS) is 1. The molecule has 262 valence electrons. The van der Waals surface area contributed by atoms with Crippen molar-refractivity contribution in [3.05, 3.63) is 59.7 Å². The summed E-state index contributed by atoms with van der Waals surface area (Å²) >= 11 is 2.44. The van der Waals surface area contributed by atoms with Gasteiger partial charge in [0, 0.05) is 24.2 Å². The Kier molecular flexibility index (Phi) is 11.3. The fourth-order valence-electron chi connectivity index (χ4n) is 4.55. The second kappa shape index (κ2) is 15.8. The standard InChI is InChI=1S/C29H31N11O8S2/c1-29(2,3)47-28(46)31-11-12-39-27(35-37-38-39)50-14-16-13-49-25-20(24(43)40(25)21(16)26(44)45)34-23(42)19(36-48-17-7-5-4-6-8-17)22-30-10-9-18(33-22)32-15-41/h4-10,15,20,25H,11-14H2,1-3H3,(H,31,46)(H,34,42)(H,44,45)(H,30,32,33,41)/b36-19+/t20?,25-/m1/s1. The first-order valence-corrected chi connectivity index (χ1v) is 16.9. The highest BCUT2D eigenvalue weighted by Gasteiger charge is 2.54. The molecule has 5 rings (SSSR count). The van der Waals surface area contributed by atoms with Gasteiger partial charge in [-0.15, -0.1) is 16.9 Å². The molecule has 1 saturated heterocycles. The maximum atomic E-state index is 13.5. The van der Waals surface area contributed by atoms with Crippen LogP contribution >= 0.6 is 23.5 Å². The molecule has 2 aliphatic rings. The molecule has 21 heteroatoms. The molecule has 19 nitrogen and oxygen atoms in total. The molecule has 0 bridgehead atoms. The minimum absolute atomic E-state index is 0.0899. The second-order valence-corrected chi connectivity index (χ2v) is 13.4. The Morgan fingerprint density at radius 3 is 2.70 bits per heavy atom. The van der Waals surface area contributed by atoms with Gasteiger partial charge in [0.2, 0.25) is 17.3 Å². The number of carboxylic acids is 1. The molecule has 50 heavy (non-hydrogen) atoms. The Labute approximate surface area is 292 Å². The summed E-state index contributed by atoms with van der Waals surface area (Å²) in [4.78, 5) is 77.0. The number of tetrazole rings is 1. The molecular weight excluding hydrogens is 695 g/mol. The van der Waals surface area contributed by atoms with Crippen molar-refractivity contribution in [2.45, 2.75) is 49.5 Å². The van der Waals surface area contributed by atoms with E-state index in [1.165, 1.54) is 40.5 Å². The van der Waals surface area contributed by atoms with E-state index in [0.29, 0.717) is 22.9 Å². The molecule has 4 heterocycles. The first-order valence-electron chi connectivity index (χ1n) is 14.9. The maximum absolute atomic E-state index is 13.5. The number of anilines is 1. The van der Waals surface area contributed by atoms with Crippen LogP contribution < -0.4 is 20.8 Å². The van der Waals surface area contributed by atoms with E-state index in [2.05, 4.69) is 46.6 Å². The number of ether oxygens (including phenoxy) is 1. The highest BCUT2D eigenvalue weighted by molar-refractivity contribution is 8.01. The number of carbonyl (C=O) groups is 5. The predicted molar refractivity (Wildman–Crippen MR) is 178 cm³/mol. The number of oxime groups is 1. The Balaban J connectivity index is 1.26. The van der Waals surface area contributed by atoms with E-state index in [-0.39, 0.29) is 47.6 Å².